The number of ether oxygens (including phenoxy) is 2. The summed E-state index contributed by atoms with van der Waals surface area (Å²) in [5, 5.41) is 0. The van der Waals surface area contributed by atoms with Crippen LogP contribution in [0.25, 0.3) is 11.3 Å². The van der Waals surface area contributed by atoms with Gasteiger partial charge < -0.3 is 13.9 Å². The van der Waals surface area contributed by atoms with Gasteiger partial charge in [0.05, 0.1) is 36.7 Å². The highest BCUT2D eigenvalue weighted by Gasteiger charge is 2.28. The first-order valence-electron chi connectivity index (χ1n) is 6.65. The Morgan fingerprint density at radius 2 is 1.45 bits per heavy atom. The number of carbonyl (C=O) groups is 2. The summed E-state index contributed by atoms with van der Waals surface area (Å²) in [6, 6.07) is 3.45. The summed E-state index contributed by atoms with van der Waals surface area (Å²) in [4.78, 5) is 28.6. The third-order valence-corrected chi connectivity index (χ3v) is 3.32. The minimum atomic E-state index is -0.584. The molecule has 6 nitrogen and oxygen atoms in total. The molecule has 2 aromatic rings. The summed E-state index contributed by atoms with van der Waals surface area (Å²) < 4.78 is 15.3. The van der Waals surface area contributed by atoms with Crippen LogP contribution in [0.4, 0.5) is 0 Å². The molecular formula is C16H17NO5. The quantitative estimate of drug-likeness (QED) is 0.811. The van der Waals surface area contributed by atoms with Gasteiger partial charge in [-0.2, -0.15) is 0 Å². The molecule has 0 unspecified atom stereocenters. The van der Waals surface area contributed by atoms with Gasteiger partial charge in [0.25, 0.3) is 0 Å². The van der Waals surface area contributed by atoms with Gasteiger partial charge in [-0.15, -0.1) is 0 Å². The van der Waals surface area contributed by atoms with Crippen LogP contribution >= 0.6 is 0 Å². The van der Waals surface area contributed by atoms with E-state index in [4.69, 9.17) is 13.9 Å². The van der Waals surface area contributed by atoms with Crippen molar-refractivity contribution < 1.29 is 23.5 Å². The fraction of sp³-hybridized carbons (Fsp3) is 0.312. The molecule has 0 radical (unpaired) electrons. The highest BCUT2D eigenvalue weighted by molar-refractivity contribution is 6.06. The smallest absolute Gasteiger partial charge is 0.340 e. The van der Waals surface area contributed by atoms with Crippen molar-refractivity contribution in [1.82, 2.24) is 4.98 Å². The molecule has 0 fully saturated rings. The summed E-state index contributed by atoms with van der Waals surface area (Å²) in [5.74, 6) is -0.112. The highest BCUT2D eigenvalue weighted by Crippen LogP contribution is 2.33. The molecule has 6 heteroatoms. The van der Waals surface area contributed by atoms with Crippen molar-refractivity contribution in [3.8, 4) is 11.3 Å². The van der Waals surface area contributed by atoms with E-state index in [-0.39, 0.29) is 11.1 Å². The maximum atomic E-state index is 12.2. The van der Waals surface area contributed by atoms with E-state index in [0.29, 0.717) is 28.5 Å². The molecule has 0 aromatic carbocycles. The van der Waals surface area contributed by atoms with E-state index in [2.05, 4.69) is 4.98 Å². The molecule has 0 aliphatic carbocycles. The molecule has 0 amide bonds. The fourth-order valence-electron chi connectivity index (χ4n) is 2.37. The van der Waals surface area contributed by atoms with Gasteiger partial charge in [0, 0.05) is 5.56 Å². The zero-order valence-corrected chi connectivity index (χ0v) is 13.1. The van der Waals surface area contributed by atoms with Crippen molar-refractivity contribution >= 4 is 11.9 Å². The third-order valence-electron chi connectivity index (χ3n) is 3.32. The van der Waals surface area contributed by atoms with Gasteiger partial charge in [-0.05, 0) is 32.9 Å². The number of aromatic nitrogens is 1. The summed E-state index contributed by atoms with van der Waals surface area (Å²) in [5.41, 5.74) is 1.66. The number of rotatable bonds is 3. The van der Waals surface area contributed by atoms with Crippen LogP contribution in [-0.4, -0.2) is 31.1 Å². The van der Waals surface area contributed by atoms with Crippen LogP contribution in [0.5, 0.6) is 0 Å². The van der Waals surface area contributed by atoms with Gasteiger partial charge in [0.1, 0.15) is 11.5 Å². The first-order valence-corrected chi connectivity index (χ1v) is 6.65. The van der Waals surface area contributed by atoms with Crippen LogP contribution in [0.15, 0.2) is 16.5 Å². The molecule has 116 valence electrons. The van der Waals surface area contributed by atoms with E-state index in [1.807, 2.05) is 0 Å². The van der Waals surface area contributed by atoms with Crippen LogP contribution in [-0.2, 0) is 9.47 Å². The Bertz CT molecular complexity index is 705. The van der Waals surface area contributed by atoms with Gasteiger partial charge in [0.2, 0.25) is 0 Å². The molecule has 2 heterocycles. The maximum absolute atomic E-state index is 12.2. The largest absolute Gasteiger partial charge is 0.465 e. The Labute approximate surface area is 128 Å². The number of hydrogen-bond acceptors (Lipinski definition) is 6. The normalized spacial score (nSPS) is 10.4. The minimum Gasteiger partial charge on any atom is -0.465 e. The molecule has 0 aliphatic heterocycles. The lowest BCUT2D eigenvalue weighted by molar-refractivity contribution is 0.0598. The van der Waals surface area contributed by atoms with Crippen molar-refractivity contribution in [2.45, 2.75) is 20.8 Å². The second-order valence-corrected chi connectivity index (χ2v) is 4.80. The molecule has 2 rings (SSSR count). The van der Waals surface area contributed by atoms with Crippen LogP contribution in [0.3, 0.4) is 0 Å². The molecular weight excluding hydrogens is 286 g/mol. The Morgan fingerprint density at radius 3 is 1.82 bits per heavy atom. The van der Waals surface area contributed by atoms with Crippen molar-refractivity contribution in [3.63, 3.8) is 0 Å². The van der Waals surface area contributed by atoms with Crippen LogP contribution in [0.1, 0.15) is 37.9 Å². The van der Waals surface area contributed by atoms with E-state index in [9.17, 15) is 9.59 Å². The first-order chi connectivity index (χ1) is 10.4. The van der Waals surface area contributed by atoms with Crippen LogP contribution in [0.2, 0.25) is 0 Å². The van der Waals surface area contributed by atoms with Crippen LogP contribution < -0.4 is 0 Å². The lowest BCUT2D eigenvalue weighted by Crippen LogP contribution is -2.15. The van der Waals surface area contributed by atoms with E-state index in [0.717, 1.165) is 0 Å². The number of furan rings is 1. The summed E-state index contributed by atoms with van der Waals surface area (Å²) in [6.45, 7) is 5.14. The monoisotopic (exact) mass is 303 g/mol. The molecule has 0 spiro atoms. The Morgan fingerprint density at radius 1 is 0.955 bits per heavy atom. The number of carbonyl (C=O) groups excluding carboxylic acids is 2. The molecule has 0 saturated carbocycles. The number of aryl methyl sites for hydroxylation is 3. The molecule has 0 aliphatic rings. The molecule has 0 bridgehead atoms. The lowest BCUT2D eigenvalue weighted by atomic mass is 9.96. The second-order valence-electron chi connectivity index (χ2n) is 4.80. The van der Waals surface area contributed by atoms with Gasteiger partial charge in [0.15, 0.2) is 0 Å². The number of pyridine rings is 1. The summed E-state index contributed by atoms with van der Waals surface area (Å²) >= 11 is 0. The Balaban J connectivity index is 2.90. The van der Waals surface area contributed by atoms with Crippen molar-refractivity contribution in [2.75, 3.05) is 14.2 Å². The zero-order chi connectivity index (χ0) is 16.4. The van der Waals surface area contributed by atoms with E-state index in [1.54, 1.807) is 32.9 Å². The average molecular weight is 303 g/mol. The second kappa shape index (κ2) is 6.01. The molecule has 0 atom stereocenters. The number of methoxy groups -OCH3 is 2. The first kappa shape index (κ1) is 15.8. The van der Waals surface area contributed by atoms with E-state index >= 15 is 0 Å². The van der Waals surface area contributed by atoms with Crippen LogP contribution in [0, 0.1) is 20.8 Å². The predicted octanol–water partition coefficient (Wildman–Crippen LogP) is 2.84. The Hall–Kier alpha value is -2.63. The molecule has 0 N–H and O–H groups in total. The van der Waals surface area contributed by atoms with E-state index in [1.165, 1.54) is 14.2 Å². The standard InChI is InChI=1S/C16H17NO5/c1-8-6-7-11(22-8)14-12(15(18)20-4)9(2)17-10(3)13(14)16(19)21-5/h6-7H,1-5H3. The fourth-order valence-corrected chi connectivity index (χ4v) is 2.37. The van der Waals surface area contributed by atoms with Crippen molar-refractivity contribution in [2.24, 2.45) is 0 Å². The van der Waals surface area contributed by atoms with Gasteiger partial charge in [-0.25, -0.2) is 9.59 Å². The van der Waals surface area contributed by atoms with Gasteiger partial charge in [-0.3, -0.25) is 4.98 Å². The topological polar surface area (TPSA) is 78.6 Å². The summed E-state index contributed by atoms with van der Waals surface area (Å²) in [7, 11) is 2.55. The van der Waals surface area contributed by atoms with Gasteiger partial charge >= 0.3 is 11.9 Å². The summed E-state index contributed by atoms with van der Waals surface area (Å²) in [6.07, 6.45) is 0. The highest BCUT2D eigenvalue weighted by atomic mass is 16.5. The molecule has 22 heavy (non-hydrogen) atoms. The molecule has 2 aromatic heterocycles. The molecule has 0 saturated heterocycles. The number of nitrogens with zero attached hydrogens (tertiary/aromatic N) is 1. The van der Waals surface area contributed by atoms with Crippen molar-refractivity contribution in [3.05, 3.63) is 40.4 Å². The SMILES string of the molecule is COC(=O)c1c(C)nc(C)c(C(=O)OC)c1-c1ccc(C)o1. The van der Waals surface area contributed by atoms with Crippen molar-refractivity contribution in [1.29, 1.82) is 0 Å². The lowest BCUT2D eigenvalue weighted by Gasteiger charge is -2.15. The number of esters is 2. The average Bonchev–Trinajstić information content (AvgIpc) is 2.91. The van der Waals surface area contributed by atoms with E-state index < -0.39 is 11.9 Å². The third kappa shape index (κ3) is 2.59. The zero-order valence-electron chi connectivity index (χ0n) is 13.1. The van der Waals surface area contributed by atoms with Gasteiger partial charge in [-0.1, -0.05) is 0 Å². The minimum absolute atomic E-state index is 0.197. The predicted molar refractivity (Wildman–Crippen MR) is 78.8 cm³/mol. The Kier molecular flexibility index (Phi) is 4.30. The maximum Gasteiger partial charge on any atom is 0.340 e. The number of hydrogen-bond donors (Lipinski definition) is 0.